The van der Waals surface area contributed by atoms with Crippen LogP contribution in [0.1, 0.15) is 54.6 Å². The highest BCUT2D eigenvalue weighted by Crippen LogP contribution is 2.43. The van der Waals surface area contributed by atoms with E-state index >= 15 is 0 Å². The van der Waals surface area contributed by atoms with Crippen LogP contribution < -0.4 is 14.5 Å². The van der Waals surface area contributed by atoms with Gasteiger partial charge in [0.15, 0.2) is 0 Å². The molecule has 0 bridgehead atoms. The third-order valence-corrected chi connectivity index (χ3v) is 8.09. The number of ketones is 1. The van der Waals surface area contributed by atoms with Crippen molar-refractivity contribution >= 4 is 28.8 Å². The first kappa shape index (κ1) is 29.6. The van der Waals surface area contributed by atoms with Crippen LogP contribution in [0.2, 0.25) is 0 Å². The average molecular weight is 575 g/mol. The van der Waals surface area contributed by atoms with Crippen LogP contribution in [0.4, 0.5) is 11.4 Å². The molecule has 4 aromatic carbocycles. The number of hydrogen-bond acceptors (Lipinski definition) is 5. The molecule has 1 heterocycles. The summed E-state index contributed by atoms with van der Waals surface area (Å²) in [5, 5.41) is 11.7. The number of carbonyl (C=O) groups excluding carboxylic acids is 2. The Morgan fingerprint density at radius 2 is 1.51 bits per heavy atom. The van der Waals surface area contributed by atoms with Gasteiger partial charge in [-0.2, -0.15) is 0 Å². The maximum Gasteiger partial charge on any atom is 0.300 e. The number of anilines is 2. The minimum Gasteiger partial charge on any atom is -0.507 e. The number of ether oxygens (including phenoxy) is 1. The van der Waals surface area contributed by atoms with E-state index in [2.05, 4.69) is 25.7 Å². The lowest BCUT2D eigenvalue weighted by Gasteiger charge is -2.27. The fraction of sp³-hybridized carbons (Fsp3) is 0.243. The Morgan fingerprint density at radius 1 is 0.837 bits per heavy atom. The molecule has 0 aromatic heterocycles. The molecule has 220 valence electrons. The number of hydrogen-bond donors (Lipinski definition) is 1. The molecular weight excluding hydrogens is 536 g/mol. The van der Waals surface area contributed by atoms with Gasteiger partial charge in [0.05, 0.1) is 11.6 Å². The van der Waals surface area contributed by atoms with Gasteiger partial charge in [-0.25, -0.2) is 0 Å². The number of aliphatic hydroxyl groups is 1. The van der Waals surface area contributed by atoms with Crippen molar-refractivity contribution in [2.75, 3.05) is 22.9 Å². The van der Waals surface area contributed by atoms with Gasteiger partial charge in [0.25, 0.3) is 11.7 Å². The molecule has 1 N–H and O–H groups in total. The van der Waals surface area contributed by atoms with E-state index in [0.717, 1.165) is 47.5 Å². The molecule has 0 aliphatic carbocycles. The largest absolute Gasteiger partial charge is 0.507 e. The fourth-order valence-corrected chi connectivity index (χ4v) is 5.61. The zero-order chi connectivity index (χ0) is 30.5. The van der Waals surface area contributed by atoms with Crippen molar-refractivity contribution in [2.45, 2.75) is 46.8 Å². The second-order valence-electron chi connectivity index (χ2n) is 10.7. The highest BCUT2D eigenvalue weighted by molar-refractivity contribution is 6.51. The molecule has 1 aliphatic heterocycles. The van der Waals surface area contributed by atoms with Gasteiger partial charge in [0, 0.05) is 30.0 Å². The molecule has 5 rings (SSSR count). The molecule has 1 aliphatic rings. The first-order valence-electron chi connectivity index (χ1n) is 14.9. The fourth-order valence-electron chi connectivity index (χ4n) is 5.61. The van der Waals surface area contributed by atoms with E-state index in [4.69, 9.17) is 4.74 Å². The second kappa shape index (κ2) is 13.0. The van der Waals surface area contributed by atoms with Crippen LogP contribution in [0.3, 0.4) is 0 Å². The summed E-state index contributed by atoms with van der Waals surface area (Å²) in [6.07, 6.45) is 0.861. The van der Waals surface area contributed by atoms with Crippen molar-refractivity contribution in [3.63, 3.8) is 0 Å². The van der Waals surface area contributed by atoms with Gasteiger partial charge in [-0.15, -0.1) is 0 Å². The molecular formula is C37H38N2O4. The molecule has 1 saturated heterocycles. The number of amides is 1. The van der Waals surface area contributed by atoms with Crippen LogP contribution in [-0.4, -0.2) is 29.9 Å². The third kappa shape index (κ3) is 6.05. The van der Waals surface area contributed by atoms with E-state index in [-0.39, 0.29) is 11.3 Å². The van der Waals surface area contributed by atoms with Gasteiger partial charge in [-0.1, -0.05) is 61.5 Å². The minimum absolute atomic E-state index is 0.0671. The lowest BCUT2D eigenvalue weighted by Crippen LogP contribution is -2.29. The van der Waals surface area contributed by atoms with E-state index < -0.39 is 17.7 Å². The van der Waals surface area contributed by atoms with Crippen molar-refractivity contribution in [1.82, 2.24) is 0 Å². The van der Waals surface area contributed by atoms with Crippen molar-refractivity contribution in [2.24, 2.45) is 0 Å². The van der Waals surface area contributed by atoms with E-state index in [1.807, 2.05) is 85.8 Å². The van der Waals surface area contributed by atoms with Crippen LogP contribution in [0.15, 0.2) is 103 Å². The topological polar surface area (TPSA) is 70.1 Å². The lowest BCUT2D eigenvalue weighted by molar-refractivity contribution is -0.132. The predicted octanol–water partition coefficient (Wildman–Crippen LogP) is 7.61. The van der Waals surface area contributed by atoms with Crippen LogP contribution in [-0.2, 0) is 22.6 Å². The first-order chi connectivity index (χ1) is 20.9. The summed E-state index contributed by atoms with van der Waals surface area (Å²) in [5.74, 6) is -0.901. The summed E-state index contributed by atoms with van der Waals surface area (Å²) in [5.41, 5.74) is 5.92. The summed E-state index contributed by atoms with van der Waals surface area (Å²) in [6.45, 7) is 10.3. The number of aryl methyl sites for hydroxylation is 2. The number of rotatable bonds is 10. The average Bonchev–Trinajstić information content (AvgIpc) is 3.31. The Hall–Kier alpha value is -4.84. The Balaban J connectivity index is 1.56. The molecule has 0 spiro atoms. The molecule has 4 aromatic rings. The molecule has 0 saturated carbocycles. The molecule has 0 radical (unpaired) electrons. The highest BCUT2D eigenvalue weighted by Gasteiger charge is 2.47. The molecule has 6 heteroatoms. The van der Waals surface area contributed by atoms with Gasteiger partial charge in [0.2, 0.25) is 0 Å². The first-order valence-corrected chi connectivity index (χ1v) is 14.9. The smallest absolute Gasteiger partial charge is 0.300 e. The number of carbonyl (C=O) groups is 2. The van der Waals surface area contributed by atoms with E-state index in [1.165, 1.54) is 4.90 Å². The Labute approximate surface area is 253 Å². The zero-order valence-electron chi connectivity index (χ0n) is 25.2. The summed E-state index contributed by atoms with van der Waals surface area (Å²) < 4.78 is 6.02. The Morgan fingerprint density at radius 3 is 2.12 bits per heavy atom. The Kier molecular flexibility index (Phi) is 8.96. The Bertz CT molecular complexity index is 1620. The summed E-state index contributed by atoms with van der Waals surface area (Å²) in [7, 11) is 0. The molecule has 1 fully saturated rings. The molecule has 1 amide bonds. The van der Waals surface area contributed by atoms with Crippen molar-refractivity contribution in [3.05, 3.63) is 130 Å². The monoisotopic (exact) mass is 574 g/mol. The van der Waals surface area contributed by atoms with Gasteiger partial charge < -0.3 is 14.7 Å². The van der Waals surface area contributed by atoms with Crippen LogP contribution in [0.5, 0.6) is 5.75 Å². The van der Waals surface area contributed by atoms with Crippen LogP contribution >= 0.6 is 0 Å². The molecule has 1 atom stereocenters. The lowest BCUT2D eigenvalue weighted by atomic mass is 9.94. The van der Waals surface area contributed by atoms with Crippen LogP contribution in [0, 0.1) is 6.92 Å². The quantitative estimate of drug-likeness (QED) is 0.120. The second-order valence-corrected chi connectivity index (χ2v) is 10.7. The number of Topliss-reactive ketones (excluding diaryl/α,β-unsaturated/α-hetero) is 1. The molecule has 1 unspecified atom stereocenters. The standard InChI is InChI=1S/C37H38N2O4/c1-5-26-13-18-31(19-14-26)39-34(28-15-20-30(21-16-28)38(6-2)7-3)33(36(41)37(39)42)35(40)29-17-22-32(25(4)23-29)43-24-27-11-9-8-10-12-27/h8-23,34,40H,5-7,24H2,1-4H3/b35-33-. The molecule has 6 nitrogen and oxygen atoms in total. The van der Waals surface area contributed by atoms with Gasteiger partial charge in [-0.05, 0) is 91.9 Å². The zero-order valence-corrected chi connectivity index (χ0v) is 25.2. The maximum absolute atomic E-state index is 13.6. The van der Waals surface area contributed by atoms with Gasteiger partial charge in [0.1, 0.15) is 18.1 Å². The summed E-state index contributed by atoms with van der Waals surface area (Å²) in [6, 6.07) is 30.0. The van der Waals surface area contributed by atoms with Crippen molar-refractivity contribution < 1.29 is 19.4 Å². The third-order valence-electron chi connectivity index (χ3n) is 8.09. The van der Waals surface area contributed by atoms with Gasteiger partial charge in [-0.3, -0.25) is 14.5 Å². The molecule has 43 heavy (non-hydrogen) atoms. The number of benzene rings is 4. The highest BCUT2D eigenvalue weighted by atomic mass is 16.5. The predicted molar refractivity (Wildman–Crippen MR) is 173 cm³/mol. The SMILES string of the molecule is CCc1ccc(N2C(=O)C(=O)/C(=C(\O)c3ccc(OCc4ccccc4)c(C)c3)C2c2ccc(N(CC)CC)cc2)cc1. The van der Waals surface area contributed by atoms with Crippen molar-refractivity contribution in [1.29, 1.82) is 0 Å². The van der Waals surface area contributed by atoms with Crippen molar-refractivity contribution in [3.8, 4) is 5.75 Å². The summed E-state index contributed by atoms with van der Waals surface area (Å²) in [4.78, 5) is 31.0. The van der Waals surface area contributed by atoms with E-state index in [0.29, 0.717) is 23.6 Å². The van der Waals surface area contributed by atoms with Crippen LogP contribution in [0.25, 0.3) is 5.76 Å². The summed E-state index contributed by atoms with van der Waals surface area (Å²) >= 11 is 0. The normalized spacial score (nSPS) is 16.0. The number of aliphatic hydroxyl groups excluding tert-OH is 1. The number of nitrogens with zero attached hydrogens (tertiary/aromatic N) is 2. The van der Waals surface area contributed by atoms with E-state index in [1.54, 1.807) is 18.2 Å². The minimum atomic E-state index is -0.785. The van der Waals surface area contributed by atoms with E-state index in [9.17, 15) is 14.7 Å². The maximum atomic E-state index is 13.6. The van der Waals surface area contributed by atoms with Gasteiger partial charge >= 0.3 is 0 Å².